The van der Waals surface area contributed by atoms with Crippen LogP contribution in [0.1, 0.15) is 12.5 Å². The van der Waals surface area contributed by atoms with Crippen LogP contribution in [0.15, 0.2) is 47.5 Å². The van der Waals surface area contributed by atoms with Crippen LogP contribution in [-0.4, -0.2) is 16.1 Å². The SMILES string of the molecule is Cc1cccnc1NC(=O)C(C)Sc1ccccc1Cl. The first-order valence-electron chi connectivity index (χ1n) is 6.21. The summed E-state index contributed by atoms with van der Waals surface area (Å²) in [5.41, 5.74) is 0.941. The highest BCUT2D eigenvalue weighted by Gasteiger charge is 2.16. The van der Waals surface area contributed by atoms with E-state index in [1.54, 1.807) is 6.20 Å². The molecule has 1 amide bonds. The summed E-state index contributed by atoms with van der Waals surface area (Å²) in [4.78, 5) is 17.2. The fraction of sp³-hybridized carbons (Fsp3) is 0.200. The Bertz CT molecular complexity index is 618. The maximum atomic E-state index is 12.2. The number of pyridine rings is 1. The first-order chi connectivity index (χ1) is 9.58. The summed E-state index contributed by atoms with van der Waals surface area (Å²) >= 11 is 7.53. The van der Waals surface area contributed by atoms with Crippen LogP contribution < -0.4 is 5.32 Å². The van der Waals surface area contributed by atoms with E-state index < -0.39 is 0 Å². The highest BCUT2D eigenvalue weighted by Crippen LogP contribution is 2.30. The van der Waals surface area contributed by atoms with Gasteiger partial charge in [0, 0.05) is 11.1 Å². The van der Waals surface area contributed by atoms with Crippen molar-refractivity contribution in [2.24, 2.45) is 0 Å². The van der Waals surface area contributed by atoms with Crippen molar-refractivity contribution in [3.05, 3.63) is 53.2 Å². The van der Waals surface area contributed by atoms with Crippen molar-refractivity contribution in [1.82, 2.24) is 4.98 Å². The van der Waals surface area contributed by atoms with Crippen LogP contribution in [0.2, 0.25) is 5.02 Å². The Morgan fingerprint density at radius 3 is 2.75 bits per heavy atom. The van der Waals surface area contributed by atoms with Crippen LogP contribution in [0.4, 0.5) is 5.82 Å². The quantitative estimate of drug-likeness (QED) is 0.862. The number of hydrogen-bond acceptors (Lipinski definition) is 3. The predicted octanol–water partition coefficient (Wildman–Crippen LogP) is 4.16. The number of nitrogens with one attached hydrogen (secondary N) is 1. The summed E-state index contributed by atoms with van der Waals surface area (Å²) < 4.78 is 0. The number of carbonyl (C=O) groups excluding carboxylic acids is 1. The molecule has 0 saturated heterocycles. The minimum atomic E-state index is -0.253. The Morgan fingerprint density at radius 2 is 2.05 bits per heavy atom. The molecule has 2 aromatic rings. The van der Waals surface area contributed by atoms with Gasteiger partial charge >= 0.3 is 0 Å². The van der Waals surface area contributed by atoms with Gasteiger partial charge in [-0.2, -0.15) is 0 Å². The molecular formula is C15H15ClN2OS. The Balaban J connectivity index is 2.03. The number of benzene rings is 1. The number of nitrogens with zero attached hydrogens (tertiary/aromatic N) is 1. The lowest BCUT2D eigenvalue weighted by atomic mass is 10.3. The number of carbonyl (C=O) groups is 1. The van der Waals surface area contributed by atoms with Crippen molar-refractivity contribution in [2.45, 2.75) is 24.0 Å². The predicted molar refractivity (Wildman–Crippen MR) is 84.4 cm³/mol. The van der Waals surface area contributed by atoms with E-state index in [-0.39, 0.29) is 11.2 Å². The zero-order valence-corrected chi connectivity index (χ0v) is 12.8. The summed E-state index contributed by atoms with van der Waals surface area (Å²) in [6.45, 7) is 3.76. The van der Waals surface area contributed by atoms with Gasteiger partial charge in [-0.05, 0) is 37.6 Å². The topological polar surface area (TPSA) is 42.0 Å². The molecule has 5 heteroatoms. The van der Waals surface area contributed by atoms with Gasteiger partial charge < -0.3 is 5.32 Å². The molecule has 1 heterocycles. The molecule has 0 saturated carbocycles. The van der Waals surface area contributed by atoms with Crippen LogP contribution in [0.5, 0.6) is 0 Å². The Hall–Kier alpha value is -1.52. The molecule has 0 radical (unpaired) electrons. The monoisotopic (exact) mass is 306 g/mol. The molecule has 1 N–H and O–H groups in total. The lowest BCUT2D eigenvalue weighted by molar-refractivity contribution is -0.115. The largest absolute Gasteiger partial charge is 0.310 e. The van der Waals surface area contributed by atoms with Gasteiger partial charge in [-0.25, -0.2) is 4.98 Å². The normalized spacial score (nSPS) is 11.9. The second kappa shape index (κ2) is 6.77. The number of rotatable bonds is 4. The third-order valence-electron chi connectivity index (χ3n) is 2.76. The van der Waals surface area contributed by atoms with Crippen molar-refractivity contribution in [3.8, 4) is 0 Å². The van der Waals surface area contributed by atoms with E-state index in [0.717, 1.165) is 10.5 Å². The Kier molecular flexibility index (Phi) is 5.04. The summed E-state index contributed by atoms with van der Waals surface area (Å²) in [5.74, 6) is 0.515. The maximum Gasteiger partial charge on any atom is 0.238 e. The Morgan fingerprint density at radius 1 is 1.30 bits per heavy atom. The minimum Gasteiger partial charge on any atom is -0.310 e. The van der Waals surface area contributed by atoms with Gasteiger partial charge in [0.05, 0.1) is 10.3 Å². The second-order valence-corrected chi connectivity index (χ2v) is 6.14. The molecule has 0 aliphatic rings. The number of amides is 1. The van der Waals surface area contributed by atoms with Gasteiger partial charge in [0.15, 0.2) is 0 Å². The molecule has 0 spiro atoms. The lowest BCUT2D eigenvalue weighted by Gasteiger charge is -2.13. The van der Waals surface area contributed by atoms with Crippen molar-refractivity contribution in [3.63, 3.8) is 0 Å². The number of halogens is 1. The smallest absolute Gasteiger partial charge is 0.238 e. The molecule has 3 nitrogen and oxygen atoms in total. The minimum absolute atomic E-state index is 0.0864. The summed E-state index contributed by atoms with van der Waals surface area (Å²) in [6.07, 6.45) is 1.66. The molecule has 0 bridgehead atoms. The number of aromatic nitrogens is 1. The van der Waals surface area contributed by atoms with Crippen LogP contribution in [0.25, 0.3) is 0 Å². The van der Waals surface area contributed by atoms with E-state index in [2.05, 4.69) is 10.3 Å². The van der Waals surface area contributed by atoms with E-state index in [1.807, 2.05) is 50.2 Å². The molecule has 2 rings (SSSR count). The molecule has 0 fully saturated rings. The molecule has 1 atom stereocenters. The second-order valence-electron chi connectivity index (χ2n) is 4.35. The molecule has 20 heavy (non-hydrogen) atoms. The zero-order valence-electron chi connectivity index (χ0n) is 11.3. The van der Waals surface area contributed by atoms with Crippen molar-refractivity contribution >= 4 is 35.1 Å². The molecule has 1 aromatic carbocycles. The van der Waals surface area contributed by atoms with E-state index in [4.69, 9.17) is 11.6 Å². The fourth-order valence-corrected chi connectivity index (χ4v) is 2.77. The highest BCUT2D eigenvalue weighted by molar-refractivity contribution is 8.00. The van der Waals surface area contributed by atoms with Gasteiger partial charge in [-0.3, -0.25) is 4.79 Å². The van der Waals surface area contributed by atoms with Crippen LogP contribution in [0, 0.1) is 6.92 Å². The molecule has 1 aromatic heterocycles. The third-order valence-corrected chi connectivity index (χ3v) is 4.38. The Labute approximate surface area is 127 Å². The van der Waals surface area contributed by atoms with Crippen LogP contribution in [-0.2, 0) is 4.79 Å². The molecule has 104 valence electrons. The maximum absolute atomic E-state index is 12.2. The van der Waals surface area contributed by atoms with E-state index in [0.29, 0.717) is 10.8 Å². The standard InChI is InChI=1S/C15H15ClN2OS/c1-10-6-5-9-17-14(10)18-15(19)11(2)20-13-8-4-3-7-12(13)16/h3-9,11H,1-2H3,(H,17,18,19). The number of thioether (sulfide) groups is 1. The molecule has 0 aliphatic carbocycles. The number of hydrogen-bond donors (Lipinski definition) is 1. The number of anilines is 1. The lowest BCUT2D eigenvalue weighted by Crippen LogP contribution is -2.23. The van der Waals surface area contributed by atoms with Gasteiger partial charge in [0.2, 0.25) is 5.91 Å². The van der Waals surface area contributed by atoms with E-state index >= 15 is 0 Å². The average Bonchev–Trinajstić information content (AvgIpc) is 2.43. The van der Waals surface area contributed by atoms with Crippen molar-refractivity contribution in [1.29, 1.82) is 0 Å². The van der Waals surface area contributed by atoms with E-state index in [9.17, 15) is 4.79 Å². The number of aryl methyl sites for hydroxylation is 1. The molecule has 0 aliphatic heterocycles. The molecule has 1 unspecified atom stereocenters. The summed E-state index contributed by atoms with van der Waals surface area (Å²) in [7, 11) is 0. The third kappa shape index (κ3) is 3.74. The average molecular weight is 307 g/mol. The van der Waals surface area contributed by atoms with Crippen molar-refractivity contribution in [2.75, 3.05) is 5.32 Å². The molecular weight excluding hydrogens is 292 g/mol. The highest BCUT2D eigenvalue weighted by atomic mass is 35.5. The first kappa shape index (κ1) is 14.9. The van der Waals surface area contributed by atoms with Crippen LogP contribution in [0.3, 0.4) is 0 Å². The van der Waals surface area contributed by atoms with Gasteiger partial charge in [0.1, 0.15) is 5.82 Å². The fourth-order valence-electron chi connectivity index (χ4n) is 1.62. The van der Waals surface area contributed by atoms with Gasteiger partial charge in [0.25, 0.3) is 0 Å². The van der Waals surface area contributed by atoms with Gasteiger partial charge in [-0.15, -0.1) is 11.8 Å². The summed E-state index contributed by atoms with van der Waals surface area (Å²) in [6, 6.07) is 11.2. The first-order valence-corrected chi connectivity index (χ1v) is 7.47. The summed E-state index contributed by atoms with van der Waals surface area (Å²) in [5, 5.41) is 3.24. The zero-order chi connectivity index (χ0) is 14.5. The van der Waals surface area contributed by atoms with Crippen LogP contribution >= 0.6 is 23.4 Å². The van der Waals surface area contributed by atoms with Crippen molar-refractivity contribution < 1.29 is 4.79 Å². The van der Waals surface area contributed by atoms with Gasteiger partial charge in [-0.1, -0.05) is 29.8 Å². The van der Waals surface area contributed by atoms with E-state index in [1.165, 1.54) is 11.8 Å².